The molecule has 0 aromatic rings. The summed E-state index contributed by atoms with van der Waals surface area (Å²) >= 11 is 4.18. The first-order valence-electron chi connectivity index (χ1n) is 3.35. The number of allylic oxidation sites excluding steroid dienone is 2. The van der Waals surface area contributed by atoms with Gasteiger partial charge in [0.25, 0.3) is 0 Å². The SMILES string of the molecule is CN1C=CN2NC(S)=CC=C12. The summed E-state index contributed by atoms with van der Waals surface area (Å²) in [6.45, 7) is 0. The van der Waals surface area contributed by atoms with Crippen LogP contribution >= 0.6 is 12.6 Å². The number of hydrogen-bond donors (Lipinski definition) is 2. The van der Waals surface area contributed by atoms with Gasteiger partial charge in [-0.1, -0.05) is 0 Å². The van der Waals surface area contributed by atoms with E-state index >= 15 is 0 Å². The molecule has 2 heterocycles. The highest BCUT2D eigenvalue weighted by molar-refractivity contribution is 7.84. The van der Waals surface area contributed by atoms with E-state index in [2.05, 4.69) is 18.1 Å². The number of thiol groups is 1. The molecule has 0 fully saturated rings. The molecule has 0 saturated carbocycles. The molecule has 2 aliphatic heterocycles. The Bertz CT molecular complexity index is 267. The van der Waals surface area contributed by atoms with Crippen molar-refractivity contribution in [3.63, 3.8) is 0 Å². The normalized spacial score (nSPS) is 20.9. The minimum Gasteiger partial charge on any atom is -0.335 e. The fraction of sp³-hybridized carbons (Fsp3) is 0.143. The molecule has 0 saturated heterocycles. The van der Waals surface area contributed by atoms with Crippen molar-refractivity contribution in [2.24, 2.45) is 0 Å². The summed E-state index contributed by atoms with van der Waals surface area (Å²) in [6.07, 6.45) is 7.88. The van der Waals surface area contributed by atoms with Gasteiger partial charge in [-0.05, 0) is 12.2 Å². The predicted octanol–water partition coefficient (Wildman–Crippen LogP) is 0.836. The van der Waals surface area contributed by atoms with Crippen molar-refractivity contribution in [3.8, 4) is 0 Å². The third kappa shape index (κ3) is 0.991. The topological polar surface area (TPSA) is 18.5 Å². The first-order valence-corrected chi connectivity index (χ1v) is 3.80. The average molecular weight is 167 g/mol. The van der Waals surface area contributed by atoms with Crippen LogP contribution in [-0.2, 0) is 0 Å². The maximum atomic E-state index is 4.18. The first-order chi connectivity index (χ1) is 5.27. The summed E-state index contributed by atoms with van der Waals surface area (Å²) in [6, 6.07) is 0. The van der Waals surface area contributed by atoms with Gasteiger partial charge in [0.1, 0.15) is 5.82 Å². The molecule has 0 aromatic heterocycles. The molecule has 0 spiro atoms. The second kappa shape index (κ2) is 2.23. The molecule has 3 nitrogen and oxygen atoms in total. The van der Waals surface area contributed by atoms with E-state index in [1.165, 1.54) is 0 Å². The van der Waals surface area contributed by atoms with Crippen LogP contribution in [0.25, 0.3) is 0 Å². The molecule has 0 amide bonds. The van der Waals surface area contributed by atoms with E-state index in [0.717, 1.165) is 10.9 Å². The summed E-state index contributed by atoms with van der Waals surface area (Å²) in [4.78, 5) is 2.03. The van der Waals surface area contributed by atoms with Crippen LogP contribution in [0.15, 0.2) is 35.4 Å². The Labute approximate surface area is 71.0 Å². The Morgan fingerprint density at radius 2 is 2.18 bits per heavy atom. The third-order valence-electron chi connectivity index (χ3n) is 1.67. The quantitative estimate of drug-likeness (QED) is 0.521. The van der Waals surface area contributed by atoms with Gasteiger partial charge in [0.05, 0.1) is 5.03 Å². The number of hydrogen-bond acceptors (Lipinski definition) is 4. The van der Waals surface area contributed by atoms with Gasteiger partial charge in [-0.15, -0.1) is 12.6 Å². The Hall–Kier alpha value is -1.03. The highest BCUT2D eigenvalue weighted by Crippen LogP contribution is 2.20. The van der Waals surface area contributed by atoms with Crippen LogP contribution in [0.4, 0.5) is 0 Å². The highest BCUT2D eigenvalue weighted by atomic mass is 32.1. The zero-order valence-corrected chi connectivity index (χ0v) is 7.05. The van der Waals surface area contributed by atoms with E-state index in [4.69, 9.17) is 0 Å². The van der Waals surface area contributed by atoms with Crippen molar-refractivity contribution in [3.05, 3.63) is 35.4 Å². The van der Waals surface area contributed by atoms with E-state index in [-0.39, 0.29) is 0 Å². The Morgan fingerprint density at radius 1 is 1.36 bits per heavy atom. The lowest BCUT2D eigenvalue weighted by atomic mass is 10.4. The summed E-state index contributed by atoms with van der Waals surface area (Å²) in [5, 5.41) is 2.77. The van der Waals surface area contributed by atoms with Crippen molar-refractivity contribution >= 4 is 12.6 Å². The molecule has 1 N–H and O–H groups in total. The van der Waals surface area contributed by atoms with Gasteiger partial charge in [-0.2, -0.15) is 0 Å². The van der Waals surface area contributed by atoms with Gasteiger partial charge < -0.3 is 4.90 Å². The molecule has 0 unspecified atom stereocenters. The minimum atomic E-state index is 0.855. The smallest absolute Gasteiger partial charge is 0.131 e. The maximum absolute atomic E-state index is 4.18. The lowest BCUT2D eigenvalue weighted by Crippen LogP contribution is -2.33. The molecular weight excluding hydrogens is 158 g/mol. The Balaban J connectivity index is 2.31. The van der Waals surface area contributed by atoms with Crippen LogP contribution in [0.5, 0.6) is 0 Å². The fourth-order valence-electron chi connectivity index (χ4n) is 1.10. The van der Waals surface area contributed by atoms with Crippen molar-refractivity contribution in [1.82, 2.24) is 15.3 Å². The standard InChI is InChI=1S/C7H9N3S/c1-9-4-5-10-7(9)3-2-6(11)8-10/h2-5,8,11H,1H3. The molecule has 0 radical (unpaired) electrons. The van der Waals surface area contributed by atoms with Crippen molar-refractivity contribution in [2.45, 2.75) is 0 Å². The van der Waals surface area contributed by atoms with Crippen LogP contribution in [0.1, 0.15) is 0 Å². The molecule has 2 rings (SSSR count). The largest absolute Gasteiger partial charge is 0.335 e. The molecule has 0 aliphatic carbocycles. The maximum Gasteiger partial charge on any atom is 0.131 e. The lowest BCUT2D eigenvalue weighted by molar-refractivity contribution is 0.334. The molecule has 0 atom stereocenters. The summed E-state index contributed by atoms with van der Waals surface area (Å²) in [7, 11) is 2.00. The molecule has 11 heavy (non-hydrogen) atoms. The number of rotatable bonds is 0. The van der Waals surface area contributed by atoms with E-state index in [9.17, 15) is 0 Å². The van der Waals surface area contributed by atoms with Crippen molar-refractivity contribution in [1.29, 1.82) is 0 Å². The van der Waals surface area contributed by atoms with Crippen molar-refractivity contribution < 1.29 is 0 Å². The zero-order chi connectivity index (χ0) is 7.84. The fourth-order valence-corrected chi connectivity index (χ4v) is 1.28. The Kier molecular flexibility index (Phi) is 1.35. The highest BCUT2D eigenvalue weighted by Gasteiger charge is 2.17. The average Bonchev–Trinajstić information content (AvgIpc) is 2.32. The summed E-state index contributed by atoms with van der Waals surface area (Å²) in [5.41, 5.74) is 3.07. The van der Waals surface area contributed by atoms with Gasteiger partial charge in [0, 0.05) is 19.4 Å². The second-order valence-electron chi connectivity index (χ2n) is 2.47. The van der Waals surface area contributed by atoms with Crippen molar-refractivity contribution in [2.75, 3.05) is 7.05 Å². The molecular formula is C7H9N3S. The minimum absolute atomic E-state index is 0.855. The number of hydrazine groups is 1. The zero-order valence-electron chi connectivity index (χ0n) is 6.15. The van der Waals surface area contributed by atoms with E-state index < -0.39 is 0 Å². The lowest BCUT2D eigenvalue weighted by Gasteiger charge is -2.25. The van der Waals surface area contributed by atoms with Crippen LogP contribution in [0.2, 0.25) is 0 Å². The number of fused-ring (bicyclic) bond motifs is 1. The Morgan fingerprint density at radius 3 is 3.00 bits per heavy atom. The molecule has 0 bridgehead atoms. The number of nitrogens with zero attached hydrogens (tertiary/aromatic N) is 2. The van der Waals surface area contributed by atoms with Crippen LogP contribution in [-0.4, -0.2) is 17.0 Å². The van der Waals surface area contributed by atoms with E-state index in [1.807, 2.05) is 41.5 Å². The van der Waals surface area contributed by atoms with Crippen LogP contribution in [0.3, 0.4) is 0 Å². The first kappa shape index (κ1) is 6.67. The molecule has 4 heteroatoms. The monoisotopic (exact) mass is 167 g/mol. The van der Waals surface area contributed by atoms with E-state index in [1.54, 1.807) is 0 Å². The van der Waals surface area contributed by atoms with Crippen LogP contribution in [0, 0.1) is 0 Å². The number of nitrogens with one attached hydrogen (secondary N) is 1. The molecule has 0 aromatic carbocycles. The van der Waals surface area contributed by atoms with E-state index in [0.29, 0.717) is 0 Å². The van der Waals surface area contributed by atoms with Crippen LogP contribution < -0.4 is 5.43 Å². The predicted molar refractivity (Wildman–Crippen MR) is 47.0 cm³/mol. The molecule has 2 aliphatic rings. The van der Waals surface area contributed by atoms with Gasteiger partial charge >= 0.3 is 0 Å². The van der Waals surface area contributed by atoms with Gasteiger partial charge in [0.15, 0.2) is 0 Å². The third-order valence-corrected chi connectivity index (χ3v) is 1.92. The molecule has 58 valence electrons. The summed E-state index contributed by atoms with van der Waals surface area (Å²) < 4.78 is 0. The van der Waals surface area contributed by atoms with Gasteiger partial charge in [0.2, 0.25) is 0 Å². The summed E-state index contributed by atoms with van der Waals surface area (Å²) in [5.74, 6) is 1.11. The second-order valence-corrected chi connectivity index (χ2v) is 2.95. The van der Waals surface area contributed by atoms with Gasteiger partial charge in [-0.25, -0.2) is 5.01 Å². The van der Waals surface area contributed by atoms with Gasteiger partial charge in [-0.3, -0.25) is 5.43 Å².